The van der Waals surface area contributed by atoms with Crippen LogP contribution in [0.15, 0.2) is 30.3 Å². The third-order valence-electron chi connectivity index (χ3n) is 3.24. The molecule has 0 bridgehead atoms. The Morgan fingerprint density at radius 3 is 2.14 bits per heavy atom. The van der Waals surface area contributed by atoms with Crippen LogP contribution < -0.4 is 5.73 Å². The number of thioether (sulfide) groups is 1. The Morgan fingerprint density at radius 2 is 1.73 bits per heavy atom. The number of hydrogen-bond acceptors (Lipinski definition) is 3. The average molecular weight is 326 g/mol. The highest BCUT2D eigenvalue weighted by molar-refractivity contribution is 8.12. The molecule has 0 heterocycles. The van der Waals surface area contributed by atoms with Crippen LogP contribution in [0.4, 0.5) is 9.59 Å². The Labute approximate surface area is 136 Å². The van der Waals surface area contributed by atoms with Crippen LogP contribution in [-0.4, -0.2) is 33.9 Å². The Kier molecular flexibility index (Phi) is 10.1. The number of carboxylic acid groups (broad SMARTS) is 1. The number of primary amides is 1. The van der Waals surface area contributed by atoms with Crippen molar-refractivity contribution >= 4 is 23.1 Å². The summed E-state index contributed by atoms with van der Waals surface area (Å²) in [5.41, 5.74) is 5.23. The average Bonchev–Trinajstić information content (AvgIpc) is 2.46. The van der Waals surface area contributed by atoms with Crippen LogP contribution in [0.25, 0.3) is 0 Å². The first-order valence-corrected chi connectivity index (χ1v) is 8.23. The third-order valence-corrected chi connectivity index (χ3v) is 4.20. The number of carbonyl (C=O) groups excluding carboxylic acids is 1. The molecule has 6 heteroatoms. The number of carbonyl (C=O) groups is 2. The van der Waals surface area contributed by atoms with E-state index in [1.165, 1.54) is 17.3 Å². The van der Waals surface area contributed by atoms with E-state index in [9.17, 15) is 4.79 Å². The van der Waals surface area contributed by atoms with Gasteiger partial charge in [-0.3, -0.25) is 4.79 Å². The molecular formula is C16H26N2O3S. The summed E-state index contributed by atoms with van der Waals surface area (Å²) in [6.45, 7) is 9.25. The minimum atomic E-state index is -1.33. The van der Waals surface area contributed by atoms with Crippen molar-refractivity contribution in [1.29, 1.82) is 0 Å². The lowest BCUT2D eigenvalue weighted by Crippen LogP contribution is -2.39. The van der Waals surface area contributed by atoms with Gasteiger partial charge in [-0.2, -0.15) is 0 Å². The summed E-state index contributed by atoms with van der Waals surface area (Å²) in [5.74, 6) is 1.24. The van der Waals surface area contributed by atoms with Crippen LogP contribution in [0, 0.1) is 5.92 Å². The van der Waals surface area contributed by atoms with Gasteiger partial charge in [-0.05, 0) is 25.3 Å². The minimum Gasteiger partial charge on any atom is -0.465 e. The Hall–Kier alpha value is -1.69. The van der Waals surface area contributed by atoms with E-state index in [0.717, 1.165) is 12.3 Å². The van der Waals surface area contributed by atoms with Crippen LogP contribution in [0.2, 0.25) is 0 Å². The molecule has 3 N–H and O–H groups in total. The molecule has 1 unspecified atom stereocenters. The van der Waals surface area contributed by atoms with Gasteiger partial charge in [0.05, 0.1) is 0 Å². The summed E-state index contributed by atoms with van der Waals surface area (Å²) in [5, 5.41) is 7.38. The van der Waals surface area contributed by atoms with Crippen LogP contribution in [0.5, 0.6) is 0 Å². The van der Waals surface area contributed by atoms with Crippen molar-refractivity contribution in [2.75, 3.05) is 6.54 Å². The van der Waals surface area contributed by atoms with Crippen molar-refractivity contribution in [2.24, 2.45) is 11.7 Å². The van der Waals surface area contributed by atoms with Gasteiger partial charge in [-0.25, -0.2) is 4.79 Å². The summed E-state index contributed by atoms with van der Waals surface area (Å²) in [7, 11) is 0. The number of hydrogen-bond donors (Lipinski definition) is 2. The maximum Gasteiger partial charge on any atom is 0.402 e. The van der Waals surface area contributed by atoms with Gasteiger partial charge in [0.25, 0.3) is 5.24 Å². The lowest BCUT2D eigenvalue weighted by molar-refractivity contribution is 0.190. The van der Waals surface area contributed by atoms with Crippen molar-refractivity contribution in [3.05, 3.63) is 35.9 Å². The Bertz CT molecular complexity index is 448. The molecule has 0 aliphatic carbocycles. The van der Waals surface area contributed by atoms with E-state index in [1.807, 2.05) is 30.0 Å². The molecule has 0 saturated carbocycles. The number of rotatable bonds is 5. The number of amides is 2. The van der Waals surface area contributed by atoms with Crippen LogP contribution in [0.1, 0.15) is 33.3 Å². The molecule has 1 atom stereocenters. The van der Waals surface area contributed by atoms with Gasteiger partial charge in [-0.1, -0.05) is 55.9 Å². The molecule has 124 valence electrons. The first kappa shape index (κ1) is 20.3. The second-order valence-corrected chi connectivity index (χ2v) is 6.08. The summed E-state index contributed by atoms with van der Waals surface area (Å²) in [6, 6.07) is 10.4. The van der Waals surface area contributed by atoms with Gasteiger partial charge >= 0.3 is 6.09 Å². The highest BCUT2D eigenvalue weighted by Crippen LogP contribution is 2.20. The lowest BCUT2D eigenvalue weighted by Gasteiger charge is -2.30. The summed E-state index contributed by atoms with van der Waals surface area (Å²) in [4.78, 5) is 22.9. The van der Waals surface area contributed by atoms with Gasteiger partial charge in [0, 0.05) is 18.3 Å². The molecular weight excluding hydrogens is 300 g/mol. The fourth-order valence-electron chi connectivity index (χ4n) is 1.75. The topological polar surface area (TPSA) is 83.6 Å². The smallest absolute Gasteiger partial charge is 0.402 e. The molecule has 1 rings (SSSR count). The normalized spacial score (nSPS) is 11.3. The van der Waals surface area contributed by atoms with E-state index >= 15 is 0 Å². The molecule has 0 fully saturated rings. The summed E-state index contributed by atoms with van der Waals surface area (Å²) in [6.07, 6.45) is -1.33. The van der Waals surface area contributed by atoms with Crippen LogP contribution in [0.3, 0.4) is 0 Å². The Balaban J connectivity index is 0.000000980. The first-order valence-electron chi connectivity index (χ1n) is 7.25. The van der Waals surface area contributed by atoms with Crippen LogP contribution in [-0.2, 0) is 5.75 Å². The van der Waals surface area contributed by atoms with Gasteiger partial charge in [-0.15, -0.1) is 0 Å². The molecule has 0 aliphatic rings. The van der Waals surface area contributed by atoms with E-state index in [1.54, 1.807) is 0 Å². The highest BCUT2D eigenvalue weighted by Gasteiger charge is 2.21. The fourth-order valence-corrected chi connectivity index (χ4v) is 2.69. The summed E-state index contributed by atoms with van der Waals surface area (Å²) < 4.78 is 0. The third kappa shape index (κ3) is 8.56. The number of nitrogens with two attached hydrogens (primary N) is 1. The molecule has 0 saturated heterocycles. The van der Waals surface area contributed by atoms with Gasteiger partial charge in [0.2, 0.25) is 0 Å². The van der Waals surface area contributed by atoms with E-state index in [2.05, 4.69) is 38.6 Å². The molecule has 1 aromatic carbocycles. The molecule has 5 nitrogen and oxygen atoms in total. The molecule has 2 amide bonds. The van der Waals surface area contributed by atoms with E-state index in [0.29, 0.717) is 12.0 Å². The van der Waals surface area contributed by atoms with Crippen molar-refractivity contribution in [3.63, 3.8) is 0 Å². The number of benzene rings is 1. The standard InChI is InChI=1S/C15H23NOS.CH3NO2/c1-5-16(13(4)12(2)3)15(17)18-11-14-9-7-6-8-10-14;2-1(3)4/h6-10,12-13H,5,11H2,1-4H3;2H2,(H,3,4). The maximum atomic E-state index is 12.2. The SMILES string of the molecule is CCN(C(=O)SCc1ccccc1)C(C)C(C)C.NC(=O)O. The molecule has 0 aromatic heterocycles. The zero-order valence-electron chi connectivity index (χ0n) is 13.7. The molecule has 0 spiro atoms. The molecule has 22 heavy (non-hydrogen) atoms. The second-order valence-electron chi connectivity index (χ2n) is 5.15. The number of nitrogens with zero attached hydrogens (tertiary/aromatic N) is 1. The zero-order valence-corrected chi connectivity index (χ0v) is 14.5. The Morgan fingerprint density at radius 1 is 1.23 bits per heavy atom. The molecule has 1 aromatic rings. The van der Waals surface area contributed by atoms with Crippen molar-refractivity contribution < 1.29 is 14.7 Å². The predicted octanol–water partition coefficient (Wildman–Crippen LogP) is 4.03. The van der Waals surface area contributed by atoms with Crippen molar-refractivity contribution in [2.45, 2.75) is 39.5 Å². The van der Waals surface area contributed by atoms with Crippen molar-refractivity contribution in [3.8, 4) is 0 Å². The highest BCUT2D eigenvalue weighted by atomic mass is 32.2. The van der Waals surface area contributed by atoms with Gasteiger partial charge in [0.15, 0.2) is 0 Å². The van der Waals surface area contributed by atoms with E-state index < -0.39 is 6.09 Å². The first-order chi connectivity index (χ1) is 10.3. The second kappa shape index (κ2) is 11.0. The largest absolute Gasteiger partial charge is 0.465 e. The fraction of sp³-hybridized carbons (Fsp3) is 0.500. The maximum absolute atomic E-state index is 12.2. The quantitative estimate of drug-likeness (QED) is 0.855. The van der Waals surface area contributed by atoms with E-state index in [-0.39, 0.29) is 5.24 Å². The molecule has 0 radical (unpaired) electrons. The predicted molar refractivity (Wildman–Crippen MR) is 92.0 cm³/mol. The van der Waals surface area contributed by atoms with Crippen LogP contribution >= 0.6 is 11.8 Å². The lowest BCUT2D eigenvalue weighted by atomic mass is 10.1. The zero-order chi connectivity index (χ0) is 17.1. The van der Waals surface area contributed by atoms with Crippen molar-refractivity contribution in [1.82, 2.24) is 4.90 Å². The van der Waals surface area contributed by atoms with E-state index in [4.69, 9.17) is 9.90 Å². The molecule has 0 aliphatic heterocycles. The minimum absolute atomic E-state index is 0.183. The monoisotopic (exact) mass is 326 g/mol. The summed E-state index contributed by atoms with van der Waals surface area (Å²) >= 11 is 1.39. The van der Waals surface area contributed by atoms with Gasteiger partial charge in [0.1, 0.15) is 0 Å². The van der Waals surface area contributed by atoms with Gasteiger partial charge < -0.3 is 15.7 Å².